The van der Waals surface area contributed by atoms with Crippen molar-refractivity contribution in [3.05, 3.63) is 24.0 Å². The highest BCUT2D eigenvalue weighted by atomic mass is 19.1. The molecule has 1 aromatic carbocycles. The fourth-order valence-corrected chi connectivity index (χ4v) is 3.48. The van der Waals surface area contributed by atoms with E-state index in [0.717, 1.165) is 25.9 Å². The highest BCUT2D eigenvalue weighted by Gasteiger charge is 2.37. The van der Waals surface area contributed by atoms with E-state index in [9.17, 15) is 14.0 Å². The maximum atomic E-state index is 14.1. The number of hydrogen-bond donors (Lipinski definition) is 3. The third-order valence-electron chi connectivity index (χ3n) is 5.21. The van der Waals surface area contributed by atoms with Crippen LogP contribution in [0.25, 0.3) is 0 Å². The van der Waals surface area contributed by atoms with E-state index >= 15 is 0 Å². The van der Waals surface area contributed by atoms with E-state index in [1.54, 1.807) is 0 Å². The fraction of sp³-hybridized carbons (Fsp3) is 0.579. The van der Waals surface area contributed by atoms with Gasteiger partial charge in [0.05, 0.1) is 24.4 Å². The molecule has 0 aromatic heterocycles. The van der Waals surface area contributed by atoms with Gasteiger partial charge in [-0.2, -0.15) is 0 Å². The van der Waals surface area contributed by atoms with Crippen LogP contribution in [0.2, 0.25) is 0 Å². The van der Waals surface area contributed by atoms with Gasteiger partial charge in [-0.3, -0.25) is 14.5 Å². The summed E-state index contributed by atoms with van der Waals surface area (Å²) >= 11 is 0. The van der Waals surface area contributed by atoms with Crippen LogP contribution in [0.15, 0.2) is 18.2 Å². The normalized spacial score (nSPS) is 19.6. The molecule has 8 heteroatoms. The zero-order chi connectivity index (χ0) is 19.3. The van der Waals surface area contributed by atoms with Crippen LogP contribution in [0.3, 0.4) is 0 Å². The minimum absolute atomic E-state index is 0.0530. The first-order valence-electron chi connectivity index (χ1n) is 9.46. The molecule has 0 spiro atoms. The first-order chi connectivity index (χ1) is 13.0. The molecule has 2 amide bonds. The second kappa shape index (κ2) is 8.77. The first-order valence-corrected chi connectivity index (χ1v) is 9.46. The number of nitrogens with one attached hydrogen (secondary N) is 2. The minimum Gasteiger partial charge on any atom is -0.379 e. The van der Waals surface area contributed by atoms with Crippen LogP contribution in [0, 0.1) is 5.82 Å². The summed E-state index contributed by atoms with van der Waals surface area (Å²) in [6.45, 7) is 3.53. The maximum Gasteiger partial charge on any atom is 0.244 e. The third-order valence-corrected chi connectivity index (χ3v) is 5.21. The van der Waals surface area contributed by atoms with Crippen molar-refractivity contribution in [1.82, 2.24) is 4.90 Å². The number of rotatable bonds is 6. The van der Waals surface area contributed by atoms with Gasteiger partial charge in [0.15, 0.2) is 0 Å². The minimum atomic E-state index is -0.865. The molecule has 27 heavy (non-hydrogen) atoms. The number of hydrogen-bond acceptors (Lipinski definition) is 5. The van der Waals surface area contributed by atoms with Crippen LogP contribution in [0.5, 0.6) is 0 Å². The van der Waals surface area contributed by atoms with E-state index in [0.29, 0.717) is 38.3 Å². The molecule has 1 saturated heterocycles. The summed E-state index contributed by atoms with van der Waals surface area (Å²) in [4.78, 5) is 26.7. The highest BCUT2D eigenvalue weighted by Crippen LogP contribution is 2.29. The Balaban J connectivity index is 1.56. The van der Waals surface area contributed by atoms with Gasteiger partial charge in [0.25, 0.3) is 0 Å². The van der Waals surface area contributed by atoms with Crippen molar-refractivity contribution in [2.45, 2.75) is 37.6 Å². The Labute approximate surface area is 158 Å². The SMILES string of the molecule is NC1(C(=O)Nc2ccc(F)c(NC(=O)CCN3CCOCC3)c2)CCCC1. The van der Waals surface area contributed by atoms with E-state index in [2.05, 4.69) is 15.5 Å². The monoisotopic (exact) mass is 378 g/mol. The number of ether oxygens (including phenoxy) is 1. The van der Waals surface area contributed by atoms with Crippen LogP contribution in [0.4, 0.5) is 15.8 Å². The lowest BCUT2D eigenvalue weighted by molar-refractivity contribution is -0.121. The van der Waals surface area contributed by atoms with Crippen LogP contribution < -0.4 is 16.4 Å². The number of nitrogens with two attached hydrogens (primary N) is 1. The Morgan fingerprint density at radius 3 is 2.59 bits per heavy atom. The molecule has 1 saturated carbocycles. The summed E-state index contributed by atoms with van der Waals surface area (Å²) < 4.78 is 19.3. The summed E-state index contributed by atoms with van der Waals surface area (Å²) in [6, 6.07) is 4.12. The third kappa shape index (κ3) is 5.24. The summed E-state index contributed by atoms with van der Waals surface area (Å²) in [6.07, 6.45) is 3.41. The van der Waals surface area contributed by atoms with Crippen LogP contribution in [-0.2, 0) is 14.3 Å². The molecular weight excluding hydrogens is 351 g/mol. The molecule has 2 aliphatic rings. The van der Waals surface area contributed by atoms with Crippen molar-refractivity contribution in [3.63, 3.8) is 0 Å². The van der Waals surface area contributed by atoms with Gasteiger partial charge in [0.1, 0.15) is 5.82 Å². The lowest BCUT2D eigenvalue weighted by Gasteiger charge is -2.26. The number of benzene rings is 1. The van der Waals surface area contributed by atoms with Gasteiger partial charge in [0.2, 0.25) is 11.8 Å². The van der Waals surface area contributed by atoms with Crippen molar-refractivity contribution in [2.24, 2.45) is 5.73 Å². The van der Waals surface area contributed by atoms with Gasteiger partial charge in [-0.1, -0.05) is 12.8 Å². The lowest BCUT2D eigenvalue weighted by atomic mass is 9.98. The first kappa shape index (κ1) is 19.7. The molecule has 3 rings (SSSR count). The van der Waals surface area contributed by atoms with E-state index in [1.807, 2.05) is 0 Å². The molecule has 0 atom stereocenters. The van der Waals surface area contributed by atoms with E-state index in [-0.39, 0.29) is 23.9 Å². The number of carbonyl (C=O) groups excluding carboxylic acids is 2. The topological polar surface area (TPSA) is 96.7 Å². The van der Waals surface area contributed by atoms with Gasteiger partial charge >= 0.3 is 0 Å². The molecule has 148 valence electrons. The average molecular weight is 378 g/mol. The molecule has 2 fully saturated rings. The Morgan fingerprint density at radius 2 is 1.89 bits per heavy atom. The van der Waals surface area contributed by atoms with Crippen molar-refractivity contribution in [3.8, 4) is 0 Å². The standard InChI is InChI=1S/C19H27FN4O3/c20-15-4-3-14(22-18(26)19(21)6-1-2-7-19)13-16(15)23-17(25)5-8-24-9-11-27-12-10-24/h3-4,13H,1-2,5-12,21H2,(H,22,26)(H,23,25). The lowest BCUT2D eigenvalue weighted by Crippen LogP contribution is -2.48. The quantitative estimate of drug-likeness (QED) is 0.700. The summed E-state index contributed by atoms with van der Waals surface area (Å²) in [5.41, 5.74) is 5.75. The molecule has 0 radical (unpaired) electrons. The second-order valence-corrected chi connectivity index (χ2v) is 7.26. The molecule has 1 aliphatic heterocycles. The maximum absolute atomic E-state index is 14.1. The number of amides is 2. The van der Waals surface area contributed by atoms with E-state index < -0.39 is 11.4 Å². The van der Waals surface area contributed by atoms with Crippen LogP contribution in [0.1, 0.15) is 32.1 Å². The Kier molecular flexibility index (Phi) is 6.41. The second-order valence-electron chi connectivity index (χ2n) is 7.26. The molecule has 0 unspecified atom stereocenters. The highest BCUT2D eigenvalue weighted by molar-refractivity contribution is 5.99. The van der Waals surface area contributed by atoms with Gasteiger partial charge in [-0.25, -0.2) is 4.39 Å². The Hall–Kier alpha value is -2.03. The number of anilines is 2. The number of halogens is 1. The van der Waals surface area contributed by atoms with Crippen LogP contribution >= 0.6 is 0 Å². The zero-order valence-corrected chi connectivity index (χ0v) is 15.4. The summed E-state index contributed by atoms with van der Waals surface area (Å²) in [5, 5.41) is 5.33. The molecule has 0 bridgehead atoms. The smallest absolute Gasteiger partial charge is 0.244 e. The number of nitrogens with zero attached hydrogens (tertiary/aromatic N) is 1. The largest absolute Gasteiger partial charge is 0.379 e. The van der Waals surface area contributed by atoms with Gasteiger partial charge < -0.3 is 21.1 Å². The van der Waals surface area contributed by atoms with Crippen molar-refractivity contribution >= 4 is 23.2 Å². The van der Waals surface area contributed by atoms with Crippen molar-refractivity contribution < 1.29 is 18.7 Å². The molecular formula is C19H27FN4O3. The Bertz CT molecular complexity index is 686. The number of morpholine rings is 1. The average Bonchev–Trinajstić information content (AvgIpc) is 3.12. The molecule has 4 N–H and O–H groups in total. The predicted octanol–water partition coefficient (Wildman–Crippen LogP) is 1.70. The van der Waals surface area contributed by atoms with Crippen LogP contribution in [-0.4, -0.2) is 55.1 Å². The molecule has 1 aliphatic carbocycles. The van der Waals surface area contributed by atoms with Gasteiger partial charge in [0, 0.05) is 31.7 Å². The fourth-order valence-electron chi connectivity index (χ4n) is 3.48. The van der Waals surface area contributed by atoms with Gasteiger partial charge in [-0.05, 0) is 31.0 Å². The predicted molar refractivity (Wildman–Crippen MR) is 101 cm³/mol. The number of carbonyl (C=O) groups is 2. The van der Waals surface area contributed by atoms with Crippen molar-refractivity contribution in [1.29, 1.82) is 0 Å². The zero-order valence-electron chi connectivity index (χ0n) is 15.4. The Morgan fingerprint density at radius 1 is 1.19 bits per heavy atom. The van der Waals surface area contributed by atoms with Gasteiger partial charge in [-0.15, -0.1) is 0 Å². The molecule has 1 aromatic rings. The summed E-state index contributed by atoms with van der Waals surface area (Å²) in [5.74, 6) is -1.08. The summed E-state index contributed by atoms with van der Waals surface area (Å²) in [7, 11) is 0. The molecule has 1 heterocycles. The molecule has 7 nitrogen and oxygen atoms in total. The van der Waals surface area contributed by atoms with E-state index in [1.165, 1.54) is 18.2 Å². The van der Waals surface area contributed by atoms with E-state index in [4.69, 9.17) is 10.5 Å². The van der Waals surface area contributed by atoms with Crippen molar-refractivity contribution in [2.75, 3.05) is 43.5 Å².